The normalized spacial score (nSPS) is 21.1. The number of nitrogens with zero attached hydrogens (tertiary/aromatic N) is 3. The molecule has 0 bridgehead atoms. The summed E-state index contributed by atoms with van der Waals surface area (Å²) in [7, 11) is 3.81. The highest BCUT2D eigenvalue weighted by Gasteiger charge is 2.29. The summed E-state index contributed by atoms with van der Waals surface area (Å²) in [5, 5.41) is 3.44. The summed E-state index contributed by atoms with van der Waals surface area (Å²) < 4.78 is 9.71. The molecule has 1 fully saturated rings. The topological polar surface area (TPSA) is 61.1 Å². The van der Waals surface area contributed by atoms with Gasteiger partial charge in [-0.3, -0.25) is 4.79 Å². The van der Waals surface area contributed by atoms with Crippen LogP contribution < -0.4 is 10.9 Å². The van der Waals surface area contributed by atoms with E-state index in [1.165, 1.54) is 0 Å². The van der Waals surface area contributed by atoms with Crippen LogP contribution in [0.1, 0.15) is 36.0 Å². The van der Waals surface area contributed by atoms with Crippen LogP contribution in [0.4, 0.5) is 0 Å². The lowest BCUT2D eigenvalue weighted by Crippen LogP contribution is -2.34. The standard InChI is InChI=1S/C18H26N4O2/c1-13-6-7-15(18(23)22(13)3)12-19-11-14-5-4-10-24-16(14)17-20-8-9-21(17)2/h6-9,14,16,19H,4-5,10-12H2,1-3H3/t14-,16+/m0/s1. The van der Waals surface area contributed by atoms with E-state index >= 15 is 0 Å². The van der Waals surface area contributed by atoms with Crippen molar-refractivity contribution in [3.05, 3.63) is 52.0 Å². The summed E-state index contributed by atoms with van der Waals surface area (Å²) in [6, 6.07) is 3.90. The lowest BCUT2D eigenvalue weighted by Gasteiger charge is -2.31. The van der Waals surface area contributed by atoms with Crippen molar-refractivity contribution in [1.82, 2.24) is 19.4 Å². The molecule has 24 heavy (non-hydrogen) atoms. The van der Waals surface area contributed by atoms with E-state index in [0.29, 0.717) is 12.5 Å². The van der Waals surface area contributed by atoms with Crippen molar-refractivity contribution < 1.29 is 4.74 Å². The van der Waals surface area contributed by atoms with Crippen molar-refractivity contribution >= 4 is 0 Å². The van der Waals surface area contributed by atoms with Crippen LogP contribution >= 0.6 is 0 Å². The van der Waals surface area contributed by atoms with Crippen molar-refractivity contribution in [1.29, 1.82) is 0 Å². The van der Waals surface area contributed by atoms with E-state index in [1.54, 1.807) is 4.57 Å². The van der Waals surface area contributed by atoms with Crippen molar-refractivity contribution in [3.8, 4) is 0 Å². The van der Waals surface area contributed by atoms with Crippen LogP contribution in [0.15, 0.2) is 29.3 Å². The van der Waals surface area contributed by atoms with E-state index in [1.807, 2.05) is 50.1 Å². The van der Waals surface area contributed by atoms with Gasteiger partial charge in [-0.05, 0) is 25.8 Å². The molecule has 2 aromatic rings. The van der Waals surface area contributed by atoms with Crippen LogP contribution in [-0.2, 0) is 25.4 Å². The maximum absolute atomic E-state index is 12.3. The molecule has 6 nitrogen and oxygen atoms in total. The first kappa shape index (κ1) is 16.9. The Hall–Kier alpha value is -1.92. The quantitative estimate of drug-likeness (QED) is 0.906. The number of rotatable bonds is 5. The number of nitrogens with one attached hydrogen (secondary N) is 1. The Morgan fingerprint density at radius 2 is 2.21 bits per heavy atom. The van der Waals surface area contributed by atoms with Crippen LogP contribution in [0, 0.1) is 12.8 Å². The van der Waals surface area contributed by atoms with E-state index in [9.17, 15) is 4.79 Å². The van der Waals surface area contributed by atoms with Gasteiger partial charge in [-0.15, -0.1) is 0 Å². The zero-order valence-electron chi connectivity index (χ0n) is 14.7. The van der Waals surface area contributed by atoms with E-state index in [-0.39, 0.29) is 11.7 Å². The number of ether oxygens (including phenoxy) is 1. The second-order valence-electron chi connectivity index (χ2n) is 6.59. The SMILES string of the molecule is Cc1ccc(CNC[C@@H]2CCCO[C@H]2c2nccn2C)c(=O)n1C. The molecule has 0 aromatic carbocycles. The molecule has 1 N–H and O–H groups in total. The van der Waals surface area contributed by atoms with Crippen molar-refractivity contribution in [2.75, 3.05) is 13.2 Å². The number of hydrogen-bond donors (Lipinski definition) is 1. The van der Waals surface area contributed by atoms with Crippen LogP contribution in [-0.4, -0.2) is 27.3 Å². The highest BCUT2D eigenvalue weighted by Crippen LogP contribution is 2.32. The van der Waals surface area contributed by atoms with Crippen molar-refractivity contribution in [3.63, 3.8) is 0 Å². The molecule has 2 atom stereocenters. The van der Waals surface area contributed by atoms with Gasteiger partial charge < -0.3 is 19.2 Å². The average molecular weight is 330 g/mol. The molecule has 0 radical (unpaired) electrons. The fraction of sp³-hybridized carbons (Fsp3) is 0.556. The molecule has 0 saturated carbocycles. The summed E-state index contributed by atoms with van der Waals surface area (Å²) in [6.07, 6.45) is 5.96. The maximum Gasteiger partial charge on any atom is 0.254 e. The minimum Gasteiger partial charge on any atom is -0.370 e. The number of imidazole rings is 1. The van der Waals surface area contributed by atoms with Gasteiger partial charge in [0.15, 0.2) is 0 Å². The Balaban J connectivity index is 1.64. The van der Waals surface area contributed by atoms with Gasteiger partial charge in [0.05, 0.1) is 0 Å². The number of aromatic nitrogens is 3. The molecule has 1 saturated heterocycles. The molecular weight excluding hydrogens is 304 g/mol. The minimum absolute atomic E-state index is 0.0205. The smallest absolute Gasteiger partial charge is 0.254 e. The summed E-state index contributed by atoms with van der Waals surface area (Å²) in [5.74, 6) is 1.35. The summed E-state index contributed by atoms with van der Waals surface area (Å²) in [6.45, 7) is 4.12. The average Bonchev–Trinajstić information content (AvgIpc) is 3.01. The molecule has 1 aliphatic heterocycles. The Bertz CT molecular complexity index is 750. The molecule has 0 aliphatic carbocycles. The van der Waals surface area contributed by atoms with Gasteiger partial charge in [0.25, 0.3) is 5.56 Å². The minimum atomic E-state index is 0.0205. The second-order valence-corrected chi connectivity index (χ2v) is 6.59. The van der Waals surface area contributed by atoms with Gasteiger partial charge in [0.1, 0.15) is 11.9 Å². The van der Waals surface area contributed by atoms with Gasteiger partial charge >= 0.3 is 0 Å². The van der Waals surface area contributed by atoms with Crippen LogP contribution in [0.5, 0.6) is 0 Å². The molecule has 3 heterocycles. The van der Waals surface area contributed by atoms with Gasteiger partial charge in [0, 0.05) is 63.4 Å². The zero-order chi connectivity index (χ0) is 17.1. The van der Waals surface area contributed by atoms with E-state index < -0.39 is 0 Å². The van der Waals surface area contributed by atoms with Gasteiger partial charge in [-0.25, -0.2) is 4.98 Å². The third-order valence-corrected chi connectivity index (χ3v) is 4.91. The summed E-state index contributed by atoms with van der Waals surface area (Å²) >= 11 is 0. The first-order valence-electron chi connectivity index (χ1n) is 8.53. The van der Waals surface area contributed by atoms with E-state index in [2.05, 4.69) is 10.3 Å². The van der Waals surface area contributed by atoms with E-state index in [4.69, 9.17) is 4.74 Å². The highest BCUT2D eigenvalue weighted by molar-refractivity contribution is 5.15. The second kappa shape index (κ2) is 7.32. The van der Waals surface area contributed by atoms with Gasteiger partial charge in [0.2, 0.25) is 0 Å². The fourth-order valence-corrected chi connectivity index (χ4v) is 3.30. The summed E-state index contributed by atoms with van der Waals surface area (Å²) in [4.78, 5) is 16.7. The predicted octanol–water partition coefficient (Wildman–Crippen LogP) is 1.68. The van der Waals surface area contributed by atoms with Gasteiger partial charge in [-0.2, -0.15) is 0 Å². The van der Waals surface area contributed by atoms with Crippen LogP contribution in [0.3, 0.4) is 0 Å². The fourth-order valence-electron chi connectivity index (χ4n) is 3.30. The Labute approximate surface area is 142 Å². The summed E-state index contributed by atoms with van der Waals surface area (Å²) in [5.41, 5.74) is 1.84. The lowest BCUT2D eigenvalue weighted by molar-refractivity contribution is -0.0344. The lowest BCUT2D eigenvalue weighted by atomic mass is 9.93. The van der Waals surface area contributed by atoms with Crippen LogP contribution in [0.2, 0.25) is 0 Å². The van der Waals surface area contributed by atoms with Crippen molar-refractivity contribution in [2.24, 2.45) is 20.0 Å². The largest absolute Gasteiger partial charge is 0.370 e. The maximum atomic E-state index is 12.3. The molecule has 0 unspecified atom stereocenters. The molecule has 6 heteroatoms. The molecule has 0 spiro atoms. The molecule has 0 amide bonds. The third-order valence-electron chi connectivity index (χ3n) is 4.91. The first-order chi connectivity index (χ1) is 11.6. The molecule has 1 aliphatic rings. The third kappa shape index (κ3) is 3.44. The Morgan fingerprint density at radius 3 is 2.96 bits per heavy atom. The number of aryl methyl sites for hydroxylation is 2. The Kier molecular flexibility index (Phi) is 5.16. The number of pyridine rings is 1. The monoisotopic (exact) mass is 330 g/mol. The molecule has 3 rings (SSSR count). The zero-order valence-corrected chi connectivity index (χ0v) is 14.7. The number of hydrogen-bond acceptors (Lipinski definition) is 4. The molecular formula is C18H26N4O2. The van der Waals surface area contributed by atoms with Crippen molar-refractivity contribution in [2.45, 2.75) is 32.4 Å². The predicted molar refractivity (Wildman–Crippen MR) is 92.8 cm³/mol. The van der Waals surface area contributed by atoms with Crippen LogP contribution in [0.25, 0.3) is 0 Å². The Morgan fingerprint density at radius 1 is 1.38 bits per heavy atom. The van der Waals surface area contributed by atoms with Gasteiger partial charge in [-0.1, -0.05) is 6.07 Å². The highest BCUT2D eigenvalue weighted by atomic mass is 16.5. The molecule has 130 valence electrons. The first-order valence-corrected chi connectivity index (χ1v) is 8.53. The molecule has 2 aromatic heterocycles. The van der Waals surface area contributed by atoms with E-state index in [0.717, 1.165) is 43.1 Å².